The lowest BCUT2D eigenvalue weighted by molar-refractivity contribution is 0.132. The Balaban J connectivity index is 0.000000136. The Morgan fingerprint density at radius 1 is 0.767 bits per heavy atom. The van der Waals surface area contributed by atoms with Gasteiger partial charge in [0.05, 0.1) is 58.7 Å². The van der Waals surface area contributed by atoms with Crippen molar-refractivity contribution in [3.63, 3.8) is 0 Å². The fourth-order valence-corrected chi connectivity index (χ4v) is 10.7. The minimum atomic E-state index is -1.64. The zero-order valence-electron chi connectivity index (χ0n) is 33.0. The number of methoxy groups -OCH3 is 2. The topological polar surface area (TPSA) is 196 Å². The van der Waals surface area contributed by atoms with Crippen LogP contribution in [0.5, 0.6) is 11.5 Å². The third-order valence-electron chi connectivity index (χ3n) is 12.0. The van der Waals surface area contributed by atoms with E-state index >= 15 is 0 Å². The van der Waals surface area contributed by atoms with E-state index in [0.29, 0.717) is 19.0 Å². The largest absolute Gasteiger partial charge is 0.497 e. The third-order valence-corrected chi connectivity index (χ3v) is 14.7. The molecule has 4 aromatic heterocycles. The average molecular weight is 979 g/mol. The number of anilines is 2. The molecule has 4 aliphatic rings. The van der Waals surface area contributed by atoms with Crippen LogP contribution < -0.4 is 36.2 Å². The van der Waals surface area contributed by atoms with Gasteiger partial charge in [0.15, 0.2) is 0 Å². The lowest BCUT2D eigenvalue weighted by Crippen LogP contribution is -2.49. The molecule has 2 atom stereocenters. The number of imidazole rings is 2. The van der Waals surface area contributed by atoms with Gasteiger partial charge in [-0.1, -0.05) is 28.7 Å². The maximum atomic E-state index is 13.5. The number of piperidine rings is 2. The molecule has 4 aliphatic heterocycles. The fourth-order valence-electron chi connectivity index (χ4n) is 8.22. The van der Waals surface area contributed by atoms with Crippen molar-refractivity contribution in [1.82, 2.24) is 29.2 Å². The molecule has 4 fully saturated rings. The standard InChI is InChI=1S/C19H22FN5O2S.C12H16IN5OS.C7H8BFO3/c1-26-15-8-12(20)2-3-13(15)14-9-22-17-25(14)23-18(28-17)24-6-4-19(5-7-24)11-27-10-16(19)21;13-9-5-15-10-18(9)16-11(20-10)17-3-1-12(2-4-17)7-19-6-8(12)14;1-12-7-4-5(9)2-3-6(7)8(10)11/h2-3,8-9,16H,4-7,10-11,21H2,1H3;5,8H,1-4,6-7,14H2;2-4,10-11H,1H3. The first kappa shape index (κ1) is 42.9. The molecule has 0 radical (unpaired) electrons. The number of hydrogen-bond acceptors (Lipinski definition) is 16. The van der Waals surface area contributed by atoms with E-state index in [-0.39, 0.29) is 39.9 Å². The lowest BCUT2D eigenvalue weighted by atomic mass is 9.75. The van der Waals surface area contributed by atoms with Gasteiger partial charge in [-0.3, -0.25) is 0 Å². The summed E-state index contributed by atoms with van der Waals surface area (Å²) in [5.41, 5.74) is 14.5. The monoisotopic (exact) mass is 978 g/mol. The molecule has 6 aromatic rings. The second-order valence-corrected chi connectivity index (χ2v) is 18.4. The number of benzene rings is 2. The van der Waals surface area contributed by atoms with Crippen LogP contribution in [0, 0.1) is 26.2 Å². The highest BCUT2D eigenvalue weighted by Gasteiger charge is 2.45. The summed E-state index contributed by atoms with van der Waals surface area (Å²) in [6, 6.07) is 8.30. The summed E-state index contributed by atoms with van der Waals surface area (Å²) in [6.45, 7) is 6.77. The minimum Gasteiger partial charge on any atom is -0.497 e. The molecule has 0 aliphatic carbocycles. The van der Waals surface area contributed by atoms with E-state index in [1.165, 1.54) is 32.4 Å². The average Bonchev–Trinajstić information content (AvgIpc) is 4.12. The minimum absolute atomic E-state index is 0.112. The zero-order valence-corrected chi connectivity index (χ0v) is 36.8. The van der Waals surface area contributed by atoms with Crippen LogP contribution in [-0.2, 0) is 9.47 Å². The first-order valence-corrected chi connectivity index (χ1v) is 22.2. The van der Waals surface area contributed by atoms with Crippen molar-refractivity contribution in [2.24, 2.45) is 22.3 Å². The Bertz CT molecular complexity index is 2420. The predicted molar refractivity (Wildman–Crippen MR) is 235 cm³/mol. The van der Waals surface area contributed by atoms with Gasteiger partial charge in [0.1, 0.15) is 26.8 Å². The third kappa shape index (κ3) is 8.54. The zero-order chi connectivity index (χ0) is 42.2. The van der Waals surface area contributed by atoms with E-state index in [1.54, 1.807) is 34.9 Å². The van der Waals surface area contributed by atoms with Crippen LogP contribution in [0.1, 0.15) is 25.7 Å². The van der Waals surface area contributed by atoms with Crippen LogP contribution in [0.3, 0.4) is 0 Å². The number of aromatic nitrogens is 6. The summed E-state index contributed by atoms with van der Waals surface area (Å²) in [7, 11) is 1.23. The van der Waals surface area contributed by atoms with Gasteiger partial charge >= 0.3 is 7.12 Å². The Hall–Kier alpha value is -3.75. The van der Waals surface area contributed by atoms with Crippen LogP contribution in [-0.4, -0.2) is 125 Å². The molecule has 320 valence electrons. The SMILES string of the molecule is COc1cc(F)ccc1-c1cnc2sc(N3CCC4(CC3)COCC4N)nn12.COc1cc(F)ccc1B(O)O.NC1COCC12CCN(c1nn3c(I)cnc3s1)CC2. The summed E-state index contributed by atoms with van der Waals surface area (Å²) in [5.74, 6) is -0.218. The van der Waals surface area contributed by atoms with Crippen molar-refractivity contribution in [3.05, 3.63) is 64.1 Å². The molecule has 22 heteroatoms. The maximum Gasteiger partial charge on any atom is 0.492 e. The molecule has 2 aromatic carbocycles. The van der Waals surface area contributed by atoms with E-state index in [9.17, 15) is 8.78 Å². The van der Waals surface area contributed by atoms with Crippen molar-refractivity contribution >= 4 is 78.0 Å². The Morgan fingerprint density at radius 2 is 1.27 bits per heavy atom. The molecular formula is C38H46BF2IN10O6S2. The van der Waals surface area contributed by atoms with Gasteiger partial charge in [-0.25, -0.2) is 23.3 Å². The molecule has 4 saturated heterocycles. The maximum absolute atomic E-state index is 13.5. The molecule has 0 bridgehead atoms. The number of fused-ring (bicyclic) bond motifs is 2. The Labute approximate surface area is 366 Å². The highest BCUT2D eigenvalue weighted by Crippen LogP contribution is 2.42. The smallest absolute Gasteiger partial charge is 0.492 e. The molecule has 0 saturated carbocycles. The van der Waals surface area contributed by atoms with Gasteiger partial charge in [-0.2, -0.15) is 4.52 Å². The molecule has 10 rings (SSSR count). The van der Waals surface area contributed by atoms with Crippen LogP contribution in [0.25, 0.3) is 21.2 Å². The fraction of sp³-hybridized carbons (Fsp3) is 0.474. The number of ether oxygens (including phenoxy) is 4. The van der Waals surface area contributed by atoms with Gasteiger partial charge in [-0.05, 0) is 66.5 Å². The van der Waals surface area contributed by atoms with Gasteiger partial charge in [0.25, 0.3) is 0 Å². The van der Waals surface area contributed by atoms with E-state index in [4.69, 9.17) is 45.6 Å². The molecule has 6 N–H and O–H groups in total. The Morgan fingerprint density at radius 3 is 1.77 bits per heavy atom. The van der Waals surface area contributed by atoms with Crippen LogP contribution in [0.4, 0.5) is 19.0 Å². The first-order valence-electron chi connectivity index (χ1n) is 19.5. The van der Waals surface area contributed by atoms with E-state index in [0.717, 1.165) is 112 Å². The molecule has 2 spiro atoms. The van der Waals surface area contributed by atoms with Gasteiger partial charge < -0.3 is 50.3 Å². The van der Waals surface area contributed by atoms with Crippen molar-refractivity contribution in [2.45, 2.75) is 37.8 Å². The summed E-state index contributed by atoms with van der Waals surface area (Å²) in [5, 5.41) is 29.0. The highest BCUT2D eigenvalue weighted by molar-refractivity contribution is 14.1. The predicted octanol–water partition coefficient (Wildman–Crippen LogP) is 3.40. The van der Waals surface area contributed by atoms with Crippen molar-refractivity contribution in [3.8, 4) is 22.8 Å². The Kier molecular flexibility index (Phi) is 12.8. The van der Waals surface area contributed by atoms with Crippen molar-refractivity contribution in [1.29, 1.82) is 0 Å². The van der Waals surface area contributed by atoms with E-state index < -0.39 is 12.9 Å². The van der Waals surface area contributed by atoms with Crippen molar-refractivity contribution < 1.29 is 37.8 Å². The molecule has 16 nitrogen and oxygen atoms in total. The van der Waals surface area contributed by atoms with Crippen LogP contribution in [0.15, 0.2) is 48.8 Å². The van der Waals surface area contributed by atoms with Gasteiger partial charge in [-0.15, -0.1) is 10.2 Å². The molecular weight excluding hydrogens is 932 g/mol. The van der Waals surface area contributed by atoms with E-state index in [1.807, 2.05) is 15.2 Å². The number of rotatable bonds is 6. The highest BCUT2D eigenvalue weighted by atomic mass is 127. The normalized spacial score (nSPS) is 20.7. The number of nitrogens with two attached hydrogens (primary N) is 2. The van der Waals surface area contributed by atoms with Crippen molar-refractivity contribution in [2.75, 3.05) is 76.6 Å². The number of hydrogen-bond donors (Lipinski definition) is 4. The summed E-state index contributed by atoms with van der Waals surface area (Å²) in [6.07, 6.45) is 7.80. The number of nitrogens with zero attached hydrogens (tertiary/aromatic N) is 8. The van der Waals surface area contributed by atoms with Crippen LogP contribution >= 0.6 is 45.3 Å². The molecule has 0 amide bonds. The molecule has 8 heterocycles. The van der Waals surface area contributed by atoms with Gasteiger partial charge in [0.2, 0.25) is 20.2 Å². The molecule has 2 unspecified atom stereocenters. The lowest BCUT2D eigenvalue weighted by Gasteiger charge is -2.40. The first-order chi connectivity index (χ1) is 28.9. The second kappa shape index (κ2) is 17.9. The van der Waals surface area contributed by atoms with E-state index in [2.05, 4.69) is 47.5 Å². The summed E-state index contributed by atoms with van der Waals surface area (Å²) >= 11 is 5.47. The summed E-state index contributed by atoms with van der Waals surface area (Å²) in [4.78, 5) is 15.3. The summed E-state index contributed by atoms with van der Waals surface area (Å²) < 4.78 is 52.1. The van der Waals surface area contributed by atoms with Crippen LogP contribution in [0.2, 0.25) is 0 Å². The van der Waals surface area contributed by atoms with Gasteiger partial charge in [0, 0.05) is 72.3 Å². The molecule has 60 heavy (non-hydrogen) atoms. The second-order valence-electron chi connectivity index (χ2n) is 15.4. The quantitative estimate of drug-likeness (QED) is 0.140. The number of halogens is 3.